The van der Waals surface area contributed by atoms with E-state index in [-0.39, 0.29) is 16.3 Å². The summed E-state index contributed by atoms with van der Waals surface area (Å²) in [6, 6.07) is 23.1. The van der Waals surface area contributed by atoms with E-state index in [0.29, 0.717) is 16.9 Å². The third kappa shape index (κ3) is 5.02. The zero-order chi connectivity index (χ0) is 23.6. The van der Waals surface area contributed by atoms with Gasteiger partial charge in [0, 0.05) is 22.2 Å². The highest BCUT2D eigenvalue weighted by Gasteiger charge is 2.16. The number of anilines is 1. The lowest BCUT2D eigenvalue weighted by Gasteiger charge is -2.19. The van der Waals surface area contributed by atoms with Crippen molar-refractivity contribution in [3.05, 3.63) is 94.3 Å². The smallest absolute Gasteiger partial charge is 0.365 e. The minimum absolute atomic E-state index is 0.0505. The molecule has 3 aromatic carbocycles. The number of nitrogens with zero attached hydrogens (tertiary/aromatic N) is 1. The van der Waals surface area contributed by atoms with E-state index < -0.39 is 5.97 Å². The lowest BCUT2D eigenvalue weighted by Crippen LogP contribution is -2.13. The van der Waals surface area contributed by atoms with Crippen LogP contribution in [0.2, 0.25) is 0 Å². The first-order valence-corrected chi connectivity index (χ1v) is 11.4. The van der Waals surface area contributed by atoms with Crippen LogP contribution in [-0.4, -0.2) is 22.0 Å². The fourth-order valence-corrected chi connectivity index (χ4v) is 4.17. The van der Waals surface area contributed by atoms with E-state index >= 15 is 0 Å². The summed E-state index contributed by atoms with van der Waals surface area (Å²) in [6.07, 6.45) is 0. The molecule has 0 bridgehead atoms. The van der Waals surface area contributed by atoms with Crippen LogP contribution in [0.4, 0.5) is 5.69 Å². The quantitative estimate of drug-likeness (QED) is 0.349. The summed E-state index contributed by atoms with van der Waals surface area (Å²) in [5.41, 5.74) is 5.79. The number of carboxylic acid groups (broad SMARTS) is 1. The molecule has 2 N–H and O–H groups in total. The van der Waals surface area contributed by atoms with Crippen LogP contribution in [0.1, 0.15) is 46.5 Å². The van der Waals surface area contributed by atoms with Gasteiger partial charge in [0.05, 0.1) is 5.69 Å². The topological polar surface area (TPSA) is 79.3 Å². The molecule has 0 saturated carbocycles. The van der Waals surface area contributed by atoms with Crippen molar-refractivity contribution in [1.29, 1.82) is 0 Å². The molecule has 0 aliphatic carbocycles. The molecule has 0 radical (unpaired) electrons. The molecular weight excluding hydrogens is 432 g/mol. The van der Waals surface area contributed by atoms with Gasteiger partial charge in [-0.15, -0.1) is 11.3 Å². The molecule has 6 heteroatoms. The lowest BCUT2D eigenvalue weighted by atomic mass is 9.86. The van der Waals surface area contributed by atoms with E-state index in [9.17, 15) is 9.59 Å². The van der Waals surface area contributed by atoms with Gasteiger partial charge in [-0.2, -0.15) is 0 Å². The van der Waals surface area contributed by atoms with Gasteiger partial charge < -0.3 is 10.4 Å². The molecule has 1 heterocycles. The predicted octanol–water partition coefficient (Wildman–Crippen LogP) is 6.73. The fourth-order valence-electron chi connectivity index (χ4n) is 3.51. The average molecular weight is 457 g/mol. The Morgan fingerprint density at radius 3 is 2.12 bits per heavy atom. The summed E-state index contributed by atoms with van der Waals surface area (Å²) < 4.78 is 0. The van der Waals surface area contributed by atoms with Crippen LogP contribution in [0, 0.1) is 0 Å². The maximum absolute atomic E-state index is 13.1. The molecule has 0 atom stereocenters. The van der Waals surface area contributed by atoms with Gasteiger partial charge in [0.1, 0.15) is 0 Å². The number of amides is 1. The maximum Gasteiger partial charge on any atom is 0.365 e. The molecule has 1 amide bonds. The number of aromatic carboxylic acids is 1. The molecule has 0 saturated heterocycles. The van der Waals surface area contributed by atoms with Gasteiger partial charge in [0.15, 0.2) is 0 Å². The number of carbonyl (C=O) groups excluding carboxylic acids is 1. The van der Waals surface area contributed by atoms with Crippen molar-refractivity contribution in [3.8, 4) is 22.4 Å². The summed E-state index contributed by atoms with van der Waals surface area (Å²) >= 11 is 1.09. The van der Waals surface area contributed by atoms with Crippen LogP contribution in [-0.2, 0) is 5.41 Å². The maximum atomic E-state index is 13.1. The predicted molar refractivity (Wildman–Crippen MR) is 133 cm³/mol. The highest BCUT2D eigenvalue weighted by molar-refractivity contribution is 7.11. The summed E-state index contributed by atoms with van der Waals surface area (Å²) in [5, 5.41) is 13.8. The Bertz CT molecular complexity index is 1300. The highest BCUT2D eigenvalue weighted by atomic mass is 32.1. The van der Waals surface area contributed by atoms with E-state index in [4.69, 9.17) is 5.11 Å². The van der Waals surface area contributed by atoms with Crippen molar-refractivity contribution in [2.45, 2.75) is 26.2 Å². The number of rotatable bonds is 5. The van der Waals surface area contributed by atoms with Gasteiger partial charge in [0.25, 0.3) is 5.91 Å². The van der Waals surface area contributed by atoms with E-state index in [2.05, 4.69) is 55.3 Å². The average Bonchev–Trinajstić information content (AvgIpc) is 3.30. The lowest BCUT2D eigenvalue weighted by molar-refractivity contribution is 0.0696. The second-order valence-electron chi connectivity index (χ2n) is 8.75. The third-order valence-corrected chi connectivity index (χ3v) is 6.19. The Balaban J connectivity index is 1.54. The van der Waals surface area contributed by atoms with Crippen LogP contribution >= 0.6 is 11.3 Å². The first-order valence-electron chi connectivity index (χ1n) is 10.5. The Hall–Kier alpha value is -3.77. The summed E-state index contributed by atoms with van der Waals surface area (Å²) in [5.74, 6) is -1.23. The molecule has 166 valence electrons. The van der Waals surface area contributed by atoms with Gasteiger partial charge >= 0.3 is 5.97 Å². The molecule has 0 aliphatic rings. The molecule has 0 fully saturated rings. The van der Waals surface area contributed by atoms with Crippen molar-refractivity contribution >= 4 is 28.9 Å². The third-order valence-electron chi connectivity index (χ3n) is 5.36. The fraction of sp³-hybridized carbons (Fsp3) is 0.148. The second kappa shape index (κ2) is 9.00. The van der Waals surface area contributed by atoms with Crippen LogP contribution in [0.25, 0.3) is 22.4 Å². The number of benzene rings is 3. The Morgan fingerprint density at radius 1 is 0.879 bits per heavy atom. The number of thiazole rings is 1. The SMILES string of the molecule is CC(C)(C)c1ccc(-c2ccccc2C(=O)Nc2ccc(-c3csc(C(=O)O)n3)cc2)cc1. The number of aromatic nitrogens is 1. The monoisotopic (exact) mass is 456 g/mol. The first-order chi connectivity index (χ1) is 15.7. The molecule has 33 heavy (non-hydrogen) atoms. The van der Waals surface area contributed by atoms with Gasteiger partial charge in [-0.25, -0.2) is 9.78 Å². The van der Waals surface area contributed by atoms with Crippen molar-refractivity contribution in [3.63, 3.8) is 0 Å². The minimum Gasteiger partial charge on any atom is -0.476 e. The number of carbonyl (C=O) groups is 2. The normalized spacial score (nSPS) is 11.2. The Morgan fingerprint density at radius 2 is 1.52 bits per heavy atom. The van der Waals surface area contributed by atoms with E-state index in [1.165, 1.54) is 5.56 Å². The van der Waals surface area contributed by atoms with E-state index in [1.54, 1.807) is 17.5 Å². The second-order valence-corrected chi connectivity index (χ2v) is 9.61. The van der Waals surface area contributed by atoms with Crippen LogP contribution < -0.4 is 5.32 Å². The molecular formula is C27H24N2O3S. The van der Waals surface area contributed by atoms with Gasteiger partial charge in [0.2, 0.25) is 5.01 Å². The van der Waals surface area contributed by atoms with Crippen molar-refractivity contribution in [2.24, 2.45) is 0 Å². The summed E-state index contributed by atoms with van der Waals surface area (Å²) in [6.45, 7) is 6.52. The van der Waals surface area contributed by atoms with Crippen molar-refractivity contribution in [1.82, 2.24) is 4.98 Å². The van der Waals surface area contributed by atoms with Crippen LogP contribution in [0.5, 0.6) is 0 Å². The van der Waals surface area contributed by atoms with Gasteiger partial charge in [-0.05, 0) is 40.3 Å². The van der Waals surface area contributed by atoms with E-state index in [0.717, 1.165) is 28.0 Å². The zero-order valence-electron chi connectivity index (χ0n) is 18.6. The molecule has 0 spiro atoms. The summed E-state index contributed by atoms with van der Waals surface area (Å²) in [4.78, 5) is 28.2. The molecule has 0 unspecified atom stereocenters. The molecule has 1 aromatic heterocycles. The number of hydrogen-bond acceptors (Lipinski definition) is 4. The first kappa shape index (κ1) is 22.4. The Labute approximate surface area is 196 Å². The zero-order valence-corrected chi connectivity index (χ0v) is 19.4. The standard InChI is InChI=1S/C27H24N2O3S/c1-27(2,3)19-12-8-17(9-13-19)21-6-4-5-7-22(21)24(30)28-20-14-10-18(11-15-20)23-16-33-25(29-23)26(31)32/h4-16H,1-3H3,(H,28,30)(H,31,32). The van der Waals surface area contributed by atoms with E-state index in [1.807, 2.05) is 36.4 Å². The van der Waals surface area contributed by atoms with Gasteiger partial charge in [-0.3, -0.25) is 4.79 Å². The number of hydrogen-bond donors (Lipinski definition) is 2. The highest BCUT2D eigenvalue weighted by Crippen LogP contribution is 2.29. The molecule has 5 nitrogen and oxygen atoms in total. The Kier molecular flexibility index (Phi) is 6.11. The number of carboxylic acids is 1. The largest absolute Gasteiger partial charge is 0.476 e. The summed E-state index contributed by atoms with van der Waals surface area (Å²) in [7, 11) is 0. The molecule has 4 aromatic rings. The van der Waals surface area contributed by atoms with Crippen molar-refractivity contribution in [2.75, 3.05) is 5.32 Å². The minimum atomic E-state index is -1.04. The van der Waals surface area contributed by atoms with Gasteiger partial charge in [-0.1, -0.05) is 75.4 Å². The van der Waals surface area contributed by atoms with Crippen LogP contribution in [0.3, 0.4) is 0 Å². The molecule has 4 rings (SSSR count). The molecule has 0 aliphatic heterocycles. The number of nitrogens with one attached hydrogen (secondary N) is 1. The van der Waals surface area contributed by atoms with Crippen LogP contribution in [0.15, 0.2) is 78.2 Å². The van der Waals surface area contributed by atoms with Crippen molar-refractivity contribution < 1.29 is 14.7 Å².